The Kier molecular flexibility index (Phi) is 4.07. The maximum atomic E-state index is 11.4. The number of amides is 1. The first kappa shape index (κ1) is 12.7. The molecular weight excluding hydrogens is 230 g/mol. The van der Waals surface area contributed by atoms with E-state index in [4.69, 9.17) is 0 Å². The summed E-state index contributed by atoms with van der Waals surface area (Å²) in [5.74, 6) is 0.666. The summed E-state index contributed by atoms with van der Waals surface area (Å²) in [5, 5.41) is 14.0. The highest BCUT2D eigenvalue weighted by molar-refractivity contribution is 5.76. The number of hydrogen-bond donors (Lipinski definition) is 2. The van der Waals surface area contributed by atoms with Crippen molar-refractivity contribution in [2.24, 2.45) is 0 Å². The Labute approximate surface area is 107 Å². The second kappa shape index (κ2) is 5.75. The van der Waals surface area contributed by atoms with Gasteiger partial charge in [0, 0.05) is 19.0 Å². The zero-order valence-corrected chi connectivity index (χ0v) is 10.9. The second-order valence-electron chi connectivity index (χ2n) is 4.68. The van der Waals surface area contributed by atoms with Crippen molar-refractivity contribution in [3.8, 4) is 0 Å². The molecule has 1 aliphatic carbocycles. The SMILES string of the molecule is Cc1nnc(NCCCC(=O)NC2CC2)nc1C. The van der Waals surface area contributed by atoms with Crippen LogP contribution in [0.15, 0.2) is 0 Å². The molecule has 0 radical (unpaired) electrons. The van der Waals surface area contributed by atoms with Gasteiger partial charge in [-0.2, -0.15) is 5.10 Å². The van der Waals surface area contributed by atoms with Gasteiger partial charge < -0.3 is 10.6 Å². The van der Waals surface area contributed by atoms with E-state index >= 15 is 0 Å². The molecule has 2 N–H and O–H groups in total. The molecule has 0 bridgehead atoms. The number of rotatable bonds is 6. The van der Waals surface area contributed by atoms with Gasteiger partial charge in [-0.25, -0.2) is 4.98 Å². The van der Waals surface area contributed by atoms with Crippen LogP contribution in [0.5, 0.6) is 0 Å². The van der Waals surface area contributed by atoms with E-state index in [0.29, 0.717) is 25.0 Å². The first-order chi connectivity index (χ1) is 8.65. The fourth-order valence-electron chi connectivity index (χ4n) is 1.51. The van der Waals surface area contributed by atoms with Crippen LogP contribution >= 0.6 is 0 Å². The summed E-state index contributed by atoms with van der Waals surface area (Å²) in [6.07, 6.45) is 3.58. The third kappa shape index (κ3) is 3.94. The standard InChI is InChI=1S/C12H19N5O/c1-8-9(2)16-17-12(14-8)13-7-3-4-11(18)15-10-5-6-10/h10H,3-7H2,1-2H3,(H,15,18)(H,13,14,17). The van der Waals surface area contributed by atoms with Crippen molar-refractivity contribution in [2.75, 3.05) is 11.9 Å². The molecule has 1 aromatic heterocycles. The van der Waals surface area contributed by atoms with E-state index in [2.05, 4.69) is 25.8 Å². The van der Waals surface area contributed by atoms with E-state index < -0.39 is 0 Å². The number of carbonyl (C=O) groups excluding carboxylic acids is 1. The van der Waals surface area contributed by atoms with E-state index in [9.17, 15) is 4.79 Å². The molecule has 1 aromatic rings. The van der Waals surface area contributed by atoms with Crippen LogP contribution in [-0.4, -0.2) is 33.7 Å². The highest BCUT2D eigenvalue weighted by Gasteiger charge is 2.22. The maximum absolute atomic E-state index is 11.4. The predicted molar refractivity (Wildman–Crippen MR) is 68.2 cm³/mol. The molecule has 98 valence electrons. The summed E-state index contributed by atoms with van der Waals surface area (Å²) in [5.41, 5.74) is 1.71. The lowest BCUT2D eigenvalue weighted by molar-refractivity contribution is -0.121. The maximum Gasteiger partial charge on any atom is 0.242 e. The summed E-state index contributed by atoms with van der Waals surface area (Å²) in [6.45, 7) is 4.46. The normalized spacial score (nSPS) is 14.3. The molecule has 0 aromatic carbocycles. The monoisotopic (exact) mass is 249 g/mol. The molecule has 0 saturated heterocycles. The average molecular weight is 249 g/mol. The van der Waals surface area contributed by atoms with Crippen LogP contribution in [0.2, 0.25) is 0 Å². The highest BCUT2D eigenvalue weighted by Crippen LogP contribution is 2.18. The van der Waals surface area contributed by atoms with Crippen molar-refractivity contribution < 1.29 is 4.79 Å². The lowest BCUT2D eigenvalue weighted by atomic mass is 10.3. The van der Waals surface area contributed by atoms with Gasteiger partial charge in [-0.05, 0) is 33.1 Å². The Bertz CT molecular complexity index is 430. The first-order valence-corrected chi connectivity index (χ1v) is 6.36. The fraction of sp³-hybridized carbons (Fsp3) is 0.667. The van der Waals surface area contributed by atoms with Gasteiger partial charge in [-0.3, -0.25) is 4.79 Å². The van der Waals surface area contributed by atoms with Gasteiger partial charge in [0.1, 0.15) is 0 Å². The number of hydrogen-bond acceptors (Lipinski definition) is 5. The highest BCUT2D eigenvalue weighted by atomic mass is 16.1. The Morgan fingerprint density at radius 3 is 2.72 bits per heavy atom. The van der Waals surface area contributed by atoms with Gasteiger partial charge in [0.2, 0.25) is 11.9 Å². The molecular formula is C12H19N5O. The van der Waals surface area contributed by atoms with Crippen molar-refractivity contribution >= 4 is 11.9 Å². The molecule has 0 atom stereocenters. The third-order valence-electron chi connectivity index (χ3n) is 2.90. The van der Waals surface area contributed by atoms with E-state index in [1.165, 1.54) is 0 Å². The summed E-state index contributed by atoms with van der Waals surface area (Å²) in [6, 6.07) is 0.442. The summed E-state index contributed by atoms with van der Waals surface area (Å²) in [4.78, 5) is 15.7. The van der Waals surface area contributed by atoms with Crippen LogP contribution < -0.4 is 10.6 Å². The molecule has 1 aliphatic rings. The number of nitrogens with zero attached hydrogens (tertiary/aromatic N) is 3. The average Bonchev–Trinajstić information content (AvgIpc) is 3.13. The van der Waals surface area contributed by atoms with Crippen molar-refractivity contribution in [3.63, 3.8) is 0 Å². The van der Waals surface area contributed by atoms with E-state index in [0.717, 1.165) is 30.7 Å². The molecule has 1 fully saturated rings. The molecule has 1 amide bonds. The van der Waals surface area contributed by atoms with E-state index in [1.807, 2.05) is 13.8 Å². The third-order valence-corrected chi connectivity index (χ3v) is 2.90. The summed E-state index contributed by atoms with van der Waals surface area (Å²) in [7, 11) is 0. The lowest BCUT2D eigenvalue weighted by Gasteiger charge is -2.06. The van der Waals surface area contributed by atoms with Crippen molar-refractivity contribution in [1.82, 2.24) is 20.5 Å². The summed E-state index contributed by atoms with van der Waals surface area (Å²) < 4.78 is 0. The van der Waals surface area contributed by atoms with Gasteiger partial charge in [0.15, 0.2) is 0 Å². The van der Waals surface area contributed by atoms with E-state index in [1.54, 1.807) is 0 Å². The number of carbonyl (C=O) groups is 1. The van der Waals surface area contributed by atoms with Crippen molar-refractivity contribution in [3.05, 3.63) is 11.4 Å². The number of aryl methyl sites for hydroxylation is 2. The first-order valence-electron chi connectivity index (χ1n) is 6.36. The molecule has 0 aliphatic heterocycles. The minimum Gasteiger partial charge on any atom is -0.353 e. The topological polar surface area (TPSA) is 79.8 Å². The molecule has 6 nitrogen and oxygen atoms in total. The predicted octanol–water partition coefficient (Wildman–Crippen LogP) is 0.959. The zero-order chi connectivity index (χ0) is 13.0. The van der Waals surface area contributed by atoms with Gasteiger partial charge in [-0.15, -0.1) is 5.10 Å². The van der Waals surface area contributed by atoms with Crippen LogP contribution in [0, 0.1) is 13.8 Å². The Hall–Kier alpha value is -1.72. The quantitative estimate of drug-likeness (QED) is 0.734. The van der Waals surface area contributed by atoms with Crippen LogP contribution in [0.25, 0.3) is 0 Å². The van der Waals surface area contributed by atoms with Gasteiger partial charge in [-0.1, -0.05) is 0 Å². The molecule has 18 heavy (non-hydrogen) atoms. The van der Waals surface area contributed by atoms with Crippen LogP contribution in [0.1, 0.15) is 37.1 Å². The van der Waals surface area contributed by atoms with Crippen molar-refractivity contribution in [2.45, 2.75) is 45.6 Å². The van der Waals surface area contributed by atoms with Crippen LogP contribution in [0.4, 0.5) is 5.95 Å². The fourth-order valence-corrected chi connectivity index (χ4v) is 1.51. The Morgan fingerprint density at radius 2 is 2.06 bits per heavy atom. The van der Waals surface area contributed by atoms with Crippen LogP contribution in [0.3, 0.4) is 0 Å². The smallest absolute Gasteiger partial charge is 0.242 e. The molecule has 1 saturated carbocycles. The van der Waals surface area contributed by atoms with Gasteiger partial charge in [0.05, 0.1) is 11.4 Å². The van der Waals surface area contributed by atoms with Gasteiger partial charge >= 0.3 is 0 Å². The minimum absolute atomic E-state index is 0.137. The van der Waals surface area contributed by atoms with Crippen LogP contribution in [-0.2, 0) is 4.79 Å². The molecule has 6 heteroatoms. The molecule has 2 rings (SSSR count). The lowest BCUT2D eigenvalue weighted by Crippen LogP contribution is -2.25. The Morgan fingerprint density at radius 1 is 1.28 bits per heavy atom. The Balaban J connectivity index is 1.64. The van der Waals surface area contributed by atoms with E-state index in [-0.39, 0.29) is 5.91 Å². The number of nitrogens with one attached hydrogen (secondary N) is 2. The van der Waals surface area contributed by atoms with Crippen molar-refractivity contribution in [1.29, 1.82) is 0 Å². The molecule has 0 unspecified atom stereocenters. The minimum atomic E-state index is 0.137. The number of aromatic nitrogens is 3. The zero-order valence-electron chi connectivity index (χ0n) is 10.9. The molecule has 1 heterocycles. The number of anilines is 1. The summed E-state index contributed by atoms with van der Waals surface area (Å²) >= 11 is 0. The second-order valence-corrected chi connectivity index (χ2v) is 4.68. The molecule has 0 spiro atoms. The largest absolute Gasteiger partial charge is 0.353 e. The van der Waals surface area contributed by atoms with Gasteiger partial charge in [0.25, 0.3) is 0 Å².